The predicted molar refractivity (Wildman–Crippen MR) is 119 cm³/mol. The van der Waals surface area contributed by atoms with Crippen molar-refractivity contribution in [1.82, 2.24) is 5.32 Å². The molecule has 6 nitrogen and oxygen atoms in total. The van der Waals surface area contributed by atoms with Gasteiger partial charge in [-0.25, -0.2) is 4.99 Å². The number of carbonyl (C=O) groups is 2. The van der Waals surface area contributed by atoms with Gasteiger partial charge in [0, 0.05) is 22.4 Å². The summed E-state index contributed by atoms with van der Waals surface area (Å²) in [4.78, 5) is 29.9. The number of aliphatic imine (C=N–C) groups is 1. The summed E-state index contributed by atoms with van der Waals surface area (Å²) in [6.45, 7) is 1.92. The highest BCUT2D eigenvalue weighted by Crippen LogP contribution is 2.31. The van der Waals surface area contributed by atoms with Gasteiger partial charge in [0.05, 0.1) is 5.70 Å². The molecule has 0 spiro atoms. The molecule has 0 radical (unpaired) electrons. The molecule has 31 heavy (non-hydrogen) atoms. The molecule has 0 bridgehead atoms. The lowest BCUT2D eigenvalue weighted by atomic mass is 10.0. The first kappa shape index (κ1) is 19.8. The van der Waals surface area contributed by atoms with E-state index in [0.29, 0.717) is 28.2 Å². The maximum atomic E-state index is 12.9. The zero-order valence-electron chi connectivity index (χ0n) is 16.7. The van der Waals surface area contributed by atoms with Crippen molar-refractivity contribution in [2.24, 2.45) is 4.99 Å². The van der Waals surface area contributed by atoms with Crippen molar-refractivity contribution in [2.45, 2.75) is 6.92 Å². The second-order valence-corrected chi connectivity index (χ2v) is 6.99. The normalized spacial score (nSPS) is 13.5. The summed E-state index contributed by atoms with van der Waals surface area (Å²) in [5.74, 6) is -0.578. The second-order valence-electron chi connectivity index (χ2n) is 6.99. The number of amides is 2. The topological polar surface area (TPSA) is 94.3 Å². The molecule has 2 amide bonds. The standard InChI is InChI=1S/C25H18N4O2/c1-16-8-7-11-18(14-16)27-25(31)21(15-26)22-19-12-5-6-13-20(19)23(28-22)29-24(30)17-9-3-2-4-10-17/h2-14H,1H3,(H,27,31)(H,28,29,30). The van der Waals surface area contributed by atoms with Gasteiger partial charge in [0.1, 0.15) is 17.5 Å². The van der Waals surface area contributed by atoms with E-state index in [1.807, 2.05) is 43.3 Å². The van der Waals surface area contributed by atoms with Crippen LogP contribution in [0.3, 0.4) is 0 Å². The monoisotopic (exact) mass is 406 g/mol. The number of nitrogens with zero attached hydrogens (tertiary/aromatic N) is 2. The number of benzene rings is 3. The molecule has 0 fully saturated rings. The van der Waals surface area contributed by atoms with Crippen molar-refractivity contribution in [1.29, 1.82) is 5.26 Å². The Hall–Kier alpha value is -4.50. The number of fused-ring (bicyclic) bond motifs is 1. The summed E-state index contributed by atoms with van der Waals surface area (Å²) in [5, 5.41) is 15.3. The maximum absolute atomic E-state index is 12.9. The smallest absolute Gasteiger partial charge is 0.268 e. The third kappa shape index (κ3) is 4.11. The highest BCUT2D eigenvalue weighted by atomic mass is 16.2. The van der Waals surface area contributed by atoms with Crippen molar-refractivity contribution in [3.8, 4) is 6.07 Å². The predicted octanol–water partition coefficient (Wildman–Crippen LogP) is 4.06. The molecule has 1 heterocycles. The quantitative estimate of drug-likeness (QED) is 0.507. The number of nitriles is 1. The molecular formula is C25H18N4O2. The van der Waals surface area contributed by atoms with Crippen LogP contribution in [-0.2, 0) is 4.79 Å². The van der Waals surface area contributed by atoms with Gasteiger partial charge in [-0.3, -0.25) is 9.59 Å². The van der Waals surface area contributed by atoms with Crippen molar-refractivity contribution < 1.29 is 9.59 Å². The first-order chi connectivity index (χ1) is 15.1. The Labute approximate surface area is 179 Å². The zero-order valence-corrected chi connectivity index (χ0v) is 16.7. The van der Waals surface area contributed by atoms with E-state index in [-0.39, 0.29) is 17.2 Å². The molecule has 4 rings (SSSR count). The number of amidine groups is 1. The first-order valence-corrected chi connectivity index (χ1v) is 9.64. The van der Waals surface area contributed by atoms with Crippen LogP contribution in [-0.4, -0.2) is 17.6 Å². The lowest BCUT2D eigenvalue weighted by Crippen LogP contribution is -2.30. The Kier molecular flexibility index (Phi) is 5.41. The summed E-state index contributed by atoms with van der Waals surface area (Å²) >= 11 is 0. The van der Waals surface area contributed by atoms with Gasteiger partial charge in [-0.15, -0.1) is 0 Å². The van der Waals surface area contributed by atoms with Crippen LogP contribution in [0.2, 0.25) is 0 Å². The van der Waals surface area contributed by atoms with E-state index in [9.17, 15) is 14.9 Å². The highest BCUT2D eigenvalue weighted by molar-refractivity contribution is 6.21. The van der Waals surface area contributed by atoms with Gasteiger partial charge in [-0.1, -0.05) is 54.6 Å². The Balaban J connectivity index is 1.70. The molecule has 2 N–H and O–H groups in total. The van der Waals surface area contributed by atoms with Gasteiger partial charge >= 0.3 is 0 Å². The van der Waals surface area contributed by atoms with E-state index in [1.165, 1.54) is 0 Å². The third-order valence-corrected chi connectivity index (χ3v) is 4.78. The van der Waals surface area contributed by atoms with Gasteiger partial charge in [0.15, 0.2) is 0 Å². The number of nitrogens with one attached hydrogen (secondary N) is 2. The van der Waals surface area contributed by atoms with Crippen molar-refractivity contribution in [3.05, 3.63) is 107 Å². The number of hydrogen-bond acceptors (Lipinski definition) is 4. The van der Waals surface area contributed by atoms with Crippen LogP contribution >= 0.6 is 0 Å². The minimum atomic E-state index is -0.558. The molecule has 0 aromatic heterocycles. The van der Waals surface area contributed by atoms with Gasteiger partial charge in [-0.2, -0.15) is 5.26 Å². The number of anilines is 1. The average Bonchev–Trinajstić information content (AvgIpc) is 3.13. The molecule has 0 aliphatic carbocycles. The number of aryl methyl sites for hydroxylation is 1. The van der Waals surface area contributed by atoms with E-state index in [2.05, 4.69) is 15.6 Å². The second kappa shape index (κ2) is 8.47. The fourth-order valence-corrected chi connectivity index (χ4v) is 3.31. The van der Waals surface area contributed by atoms with Crippen LogP contribution < -0.4 is 10.6 Å². The van der Waals surface area contributed by atoms with E-state index in [1.54, 1.807) is 48.5 Å². The highest BCUT2D eigenvalue weighted by Gasteiger charge is 2.27. The molecule has 6 heteroatoms. The molecule has 3 aromatic carbocycles. The summed E-state index contributed by atoms with van der Waals surface area (Å²) < 4.78 is 0. The SMILES string of the molecule is Cc1cccc(NC(=O)C(C#N)=C2N=C(NC(=O)c3ccccc3)c3ccccc32)c1. The average molecular weight is 406 g/mol. The largest absolute Gasteiger partial charge is 0.321 e. The Morgan fingerprint density at radius 3 is 2.29 bits per heavy atom. The van der Waals surface area contributed by atoms with Crippen LogP contribution in [0.1, 0.15) is 27.0 Å². The van der Waals surface area contributed by atoms with Crippen molar-refractivity contribution in [2.75, 3.05) is 5.32 Å². The Morgan fingerprint density at radius 2 is 1.58 bits per heavy atom. The lowest BCUT2D eigenvalue weighted by molar-refractivity contribution is -0.112. The van der Waals surface area contributed by atoms with Crippen molar-refractivity contribution >= 4 is 29.0 Å². The molecule has 150 valence electrons. The minimum Gasteiger partial charge on any atom is -0.321 e. The Morgan fingerprint density at radius 1 is 0.871 bits per heavy atom. The van der Waals surface area contributed by atoms with Crippen LogP contribution in [0.15, 0.2) is 89.4 Å². The molecule has 1 aliphatic rings. The van der Waals surface area contributed by atoms with Crippen LogP contribution in [0, 0.1) is 18.3 Å². The van der Waals surface area contributed by atoms with Gasteiger partial charge < -0.3 is 10.6 Å². The van der Waals surface area contributed by atoms with E-state index in [4.69, 9.17) is 0 Å². The first-order valence-electron chi connectivity index (χ1n) is 9.64. The molecule has 0 atom stereocenters. The molecular weight excluding hydrogens is 388 g/mol. The molecule has 0 saturated carbocycles. The minimum absolute atomic E-state index is 0.127. The molecule has 0 unspecified atom stereocenters. The van der Waals surface area contributed by atoms with E-state index >= 15 is 0 Å². The number of hydrogen-bond donors (Lipinski definition) is 2. The fraction of sp³-hybridized carbons (Fsp3) is 0.0400. The van der Waals surface area contributed by atoms with Crippen LogP contribution in [0.5, 0.6) is 0 Å². The van der Waals surface area contributed by atoms with Gasteiger partial charge in [0.25, 0.3) is 11.8 Å². The van der Waals surface area contributed by atoms with E-state index < -0.39 is 5.91 Å². The molecule has 0 saturated heterocycles. The molecule has 3 aromatic rings. The van der Waals surface area contributed by atoms with Gasteiger partial charge in [-0.05, 0) is 36.8 Å². The zero-order chi connectivity index (χ0) is 21.8. The Bertz CT molecular complexity index is 1280. The van der Waals surface area contributed by atoms with E-state index in [0.717, 1.165) is 5.56 Å². The van der Waals surface area contributed by atoms with Crippen LogP contribution in [0.25, 0.3) is 5.70 Å². The lowest BCUT2D eigenvalue weighted by Gasteiger charge is -2.07. The molecule has 1 aliphatic heterocycles. The van der Waals surface area contributed by atoms with Crippen LogP contribution in [0.4, 0.5) is 5.69 Å². The summed E-state index contributed by atoms with van der Waals surface area (Å²) in [5.41, 5.74) is 3.42. The third-order valence-electron chi connectivity index (χ3n) is 4.78. The summed E-state index contributed by atoms with van der Waals surface area (Å²) in [7, 11) is 0. The fourth-order valence-electron chi connectivity index (χ4n) is 3.31. The maximum Gasteiger partial charge on any atom is 0.268 e. The number of rotatable bonds is 3. The van der Waals surface area contributed by atoms with Crippen molar-refractivity contribution in [3.63, 3.8) is 0 Å². The summed E-state index contributed by atoms with van der Waals surface area (Å²) in [6.07, 6.45) is 0. The van der Waals surface area contributed by atoms with Gasteiger partial charge in [0.2, 0.25) is 0 Å². The number of carbonyl (C=O) groups excluding carboxylic acids is 2. The summed E-state index contributed by atoms with van der Waals surface area (Å²) in [6, 6.07) is 25.2.